The van der Waals surface area contributed by atoms with E-state index in [0.717, 1.165) is 28.2 Å². The highest BCUT2D eigenvalue weighted by Crippen LogP contribution is 2.46. The molecule has 1 unspecified atom stereocenters. The van der Waals surface area contributed by atoms with E-state index in [0.29, 0.717) is 30.7 Å². The number of nitrogens with zero attached hydrogens (tertiary/aromatic N) is 1. The Kier molecular flexibility index (Phi) is 7.27. The van der Waals surface area contributed by atoms with Crippen molar-refractivity contribution in [3.63, 3.8) is 0 Å². The standard InChI is InChI=1S/C28H31NO5/c1-17-5-7-20(8-6-17)26-25(28(31)34-14-13-32-3)18(2)29-23-15-21(16-24(30)27(23)26)19-9-11-22(33-4)12-10-19/h5-12,21,26-27H,13-16H2,1-4H3/t21-,26+,27?/m0/s1. The van der Waals surface area contributed by atoms with Crippen LogP contribution in [0.4, 0.5) is 0 Å². The molecule has 2 aliphatic rings. The molecule has 34 heavy (non-hydrogen) atoms. The zero-order valence-electron chi connectivity index (χ0n) is 20.2. The zero-order chi connectivity index (χ0) is 24.2. The third-order valence-electron chi connectivity index (χ3n) is 6.72. The quantitative estimate of drug-likeness (QED) is 0.439. The van der Waals surface area contributed by atoms with E-state index in [1.54, 1.807) is 14.2 Å². The highest BCUT2D eigenvalue weighted by molar-refractivity contribution is 6.12. The van der Waals surface area contributed by atoms with Crippen molar-refractivity contribution in [1.29, 1.82) is 0 Å². The first-order valence-corrected chi connectivity index (χ1v) is 11.6. The third-order valence-corrected chi connectivity index (χ3v) is 6.72. The van der Waals surface area contributed by atoms with Gasteiger partial charge in [0, 0.05) is 30.9 Å². The highest BCUT2D eigenvalue weighted by Gasteiger charge is 2.46. The lowest BCUT2D eigenvalue weighted by Gasteiger charge is -2.38. The summed E-state index contributed by atoms with van der Waals surface area (Å²) in [5, 5.41) is 0. The van der Waals surface area contributed by atoms with Gasteiger partial charge in [-0.05, 0) is 49.4 Å². The molecule has 6 nitrogen and oxygen atoms in total. The first-order valence-electron chi connectivity index (χ1n) is 11.6. The Labute approximate surface area is 200 Å². The van der Waals surface area contributed by atoms with E-state index in [1.165, 1.54) is 0 Å². The minimum atomic E-state index is -0.467. The van der Waals surface area contributed by atoms with Gasteiger partial charge in [-0.2, -0.15) is 0 Å². The zero-order valence-corrected chi connectivity index (χ0v) is 20.2. The molecule has 0 saturated heterocycles. The van der Waals surface area contributed by atoms with Crippen molar-refractivity contribution < 1.29 is 23.8 Å². The minimum absolute atomic E-state index is 0.0510. The summed E-state index contributed by atoms with van der Waals surface area (Å²) >= 11 is 0. The normalized spacial score (nSPS) is 22.2. The number of aliphatic imine (C=N–C) groups is 1. The second-order valence-corrected chi connectivity index (χ2v) is 8.94. The Morgan fingerprint density at radius 2 is 1.59 bits per heavy atom. The molecular weight excluding hydrogens is 430 g/mol. The highest BCUT2D eigenvalue weighted by atomic mass is 16.6. The van der Waals surface area contributed by atoms with Crippen molar-refractivity contribution in [1.82, 2.24) is 0 Å². The number of Topliss-reactive ketones (excluding diaryl/α,β-unsaturated/α-hetero) is 1. The van der Waals surface area contributed by atoms with Crippen LogP contribution in [0.1, 0.15) is 48.3 Å². The molecule has 3 atom stereocenters. The Bertz CT molecular complexity index is 1110. The number of carbonyl (C=O) groups is 2. The van der Waals surface area contributed by atoms with Crippen LogP contribution in [0.3, 0.4) is 0 Å². The summed E-state index contributed by atoms with van der Waals surface area (Å²) in [5.41, 5.74) is 5.06. The smallest absolute Gasteiger partial charge is 0.336 e. The monoisotopic (exact) mass is 461 g/mol. The number of rotatable bonds is 7. The number of fused-ring (bicyclic) bond motifs is 1. The molecule has 0 radical (unpaired) electrons. The van der Waals surface area contributed by atoms with Crippen molar-refractivity contribution in [2.24, 2.45) is 10.9 Å². The van der Waals surface area contributed by atoms with Gasteiger partial charge in [-0.1, -0.05) is 42.0 Å². The summed E-state index contributed by atoms with van der Waals surface area (Å²) in [7, 11) is 3.20. The lowest BCUT2D eigenvalue weighted by molar-refractivity contribution is -0.140. The molecule has 1 fully saturated rings. The Hall–Kier alpha value is -3.25. The Balaban J connectivity index is 1.72. The number of esters is 1. The van der Waals surface area contributed by atoms with E-state index in [9.17, 15) is 9.59 Å². The van der Waals surface area contributed by atoms with Gasteiger partial charge in [0.15, 0.2) is 0 Å². The second-order valence-electron chi connectivity index (χ2n) is 8.94. The molecule has 0 amide bonds. The first-order chi connectivity index (χ1) is 16.4. The molecule has 4 rings (SSSR count). The number of ketones is 1. The Morgan fingerprint density at radius 3 is 2.24 bits per heavy atom. The maximum absolute atomic E-state index is 13.6. The molecule has 0 N–H and O–H groups in total. The van der Waals surface area contributed by atoms with Gasteiger partial charge >= 0.3 is 5.97 Å². The van der Waals surface area contributed by atoms with Gasteiger partial charge in [-0.25, -0.2) is 4.79 Å². The number of benzene rings is 2. The van der Waals surface area contributed by atoms with Crippen LogP contribution >= 0.6 is 0 Å². The summed E-state index contributed by atoms with van der Waals surface area (Å²) in [6.45, 7) is 4.32. The van der Waals surface area contributed by atoms with Crippen molar-refractivity contribution in [2.45, 2.75) is 38.5 Å². The number of allylic oxidation sites excluding steroid dienone is 1. The molecular formula is C28H31NO5. The van der Waals surface area contributed by atoms with Crippen molar-refractivity contribution in [3.8, 4) is 5.75 Å². The van der Waals surface area contributed by atoms with Gasteiger partial charge in [-0.15, -0.1) is 0 Å². The van der Waals surface area contributed by atoms with E-state index in [1.807, 2.05) is 62.4 Å². The van der Waals surface area contributed by atoms with Gasteiger partial charge in [0.1, 0.15) is 18.1 Å². The molecule has 1 aliphatic carbocycles. The summed E-state index contributed by atoms with van der Waals surface area (Å²) in [6, 6.07) is 15.9. The maximum atomic E-state index is 13.6. The fourth-order valence-corrected chi connectivity index (χ4v) is 4.98. The molecule has 2 aromatic carbocycles. The molecule has 6 heteroatoms. The van der Waals surface area contributed by atoms with Crippen LogP contribution in [0.2, 0.25) is 0 Å². The van der Waals surface area contributed by atoms with E-state index >= 15 is 0 Å². The van der Waals surface area contributed by atoms with Gasteiger partial charge < -0.3 is 14.2 Å². The largest absolute Gasteiger partial charge is 0.497 e. The minimum Gasteiger partial charge on any atom is -0.497 e. The van der Waals surface area contributed by atoms with Gasteiger partial charge in [0.2, 0.25) is 0 Å². The topological polar surface area (TPSA) is 74.2 Å². The summed E-state index contributed by atoms with van der Waals surface area (Å²) in [6.07, 6.45) is 1.08. The molecule has 0 bridgehead atoms. The number of hydrogen-bond acceptors (Lipinski definition) is 6. The fourth-order valence-electron chi connectivity index (χ4n) is 4.98. The number of ether oxygens (including phenoxy) is 3. The van der Waals surface area contributed by atoms with Crippen molar-refractivity contribution in [3.05, 3.63) is 76.5 Å². The van der Waals surface area contributed by atoms with E-state index < -0.39 is 17.8 Å². The number of hydrogen-bond donors (Lipinski definition) is 0. The Morgan fingerprint density at radius 1 is 0.912 bits per heavy atom. The van der Waals surface area contributed by atoms with Crippen LogP contribution in [0.5, 0.6) is 5.75 Å². The van der Waals surface area contributed by atoms with Crippen LogP contribution in [-0.2, 0) is 19.1 Å². The predicted octanol–water partition coefficient (Wildman–Crippen LogP) is 4.77. The van der Waals surface area contributed by atoms with Crippen LogP contribution in [0, 0.1) is 12.8 Å². The molecule has 0 spiro atoms. The van der Waals surface area contributed by atoms with Gasteiger partial charge in [0.25, 0.3) is 0 Å². The lowest BCUT2D eigenvalue weighted by atomic mass is 9.66. The van der Waals surface area contributed by atoms with E-state index in [-0.39, 0.29) is 18.3 Å². The van der Waals surface area contributed by atoms with Crippen LogP contribution in [0.25, 0.3) is 0 Å². The maximum Gasteiger partial charge on any atom is 0.336 e. The third kappa shape index (κ3) is 4.82. The van der Waals surface area contributed by atoms with Gasteiger partial charge in [-0.3, -0.25) is 9.79 Å². The molecule has 178 valence electrons. The molecule has 0 aromatic heterocycles. The van der Waals surface area contributed by atoms with E-state index in [2.05, 4.69) is 0 Å². The number of methoxy groups -OCH3 is 2. The molecule has 1 saturated carbocycles. The summed E-state index contributed by atoms with van der Waals surface area (Å²) in [4.78, 5) is 31.6. The van der Waals surface area contributed by atoms with Crippen LogP contribution < -0.4 is 4.74 Å². The SMILES string of the molecule is COCCOC(=O)C1=C(C)N=C2C[C@H](c3ccc(OC)cc3)CC(=O)C2[C@@H]1c1ccc(C)cc1. The number of carbonyl (C=O) groups excluding carboxylic acids is 2. The molecule has 1 aliphatic heterocycles. The molecule has 2 aromatic rings. The summed E-state index contributed by atoms with van der Waals surface area (Å²) in [5.74, 6) is -0.374. The van der Waals surface area contributed by atoms with Crippen molar-refractivity contribution in [2.75, 3.05) is 27.4 Å². The van der Waals surface area contributed by atoms with E-state index in [4.69, 9.17) is 19.2 Å². The van der Waals surface area contributed by atoms with Gasteiger partial charge in [0.05, 0.1) is 25.2 Å². The average molecular weight is 462 g/mol. The average Bonchev–Trinajstić information content (AvgIpc) is 2.83. The summed E-state index contributed by atoms with van der Waals surface area (Å²) < 4.78 is 15.8. The van der Waals surface area contributed by atoms with Crippen LogP contribution in [-0.4, -0.2) is 44.9 Å². The lowest BCUT2D eigenvalue weighted by Crippen LogP contribution is -2.41. The van der Waals surface area contributed by atoms with Crippen molar-refractivity contribution >= 4 is 17.5 Å². The predicted molar refractivity (Wildman–Crippen MR) is 130 cm³/mol. The second kappa shape index (κ2) is 10.3. The fraction of sp³-hybridized carbons (Fsp3) is 0.393. The first kappa shape index (κ1) is 23.9. The van der Waals surface area contributed by atoms with Crippen LogP contribution in [0.15, 0.2) is 64.8 Å². The molecule has 1 heterocycles. The number of aryl methyl sites for hydroxylation is 1.